The Labute approximate surface area is 169 Å². The summed E-state index contributed by atoms with van der Waals surface area (Å²) in [4.78, 5) is 12.0. The lowest BCUT2D eigenvalue weighted by Gasteiger charge is -2.67. The molecule has 3 aliphatic heterocycles. The Morgan fingerprint density at radius 1 is 1.31 bits per heavy atom. The number of aliphatic hydroxyl groups excluding tert-OH is 1. The van der Waals surface area contributed by atoms with E-state index in [-0.39, 0.29) is 41.7 Å². The van der Waals surface area contributed by atoms with Gasteiger partial charge in [0.25, 0.3) is 0 Å². The number of rotatable bonds is 2. The van der Waals surface area contributed by atoms with Gasteiger partial charge in [-0.05, 0) is 43.6 Å². The number of aliphatic hydroxyl groups is 1. The van der Waals surface area contributed by atoms with Gasteiger partial charge in [-0.25, -0.2) is 0 Å². The van der Waals surface area contributed by atoms with E-state index < -0.39 is 17.1 Å². The van der Waals surface area contributed by atoms with Crippen LogP contribution in [0.1, 0.15) is 51.2 Å². The first-order valence-electron chi connectivity index (χ1n) is 10.7. The van der Waals surface area contributed by atoms with Crippen molar-refractivity contribution in [2.75, 3.05) is 13.2 Å². The van der Waals surface area contributed by atoms with Crippen LogP contribution in [0.25, 0.3) is 0 Å². The lowest BCUT2D eigenvalue weighted by atomic mass is 9.41. The summed E-state index contributed by atoms with van der Waals surface area (Å²) in [6.07, 6.45) is 5.27. The molecule has 7 nitrogen and oxygen atoms in total. The molecule has 4 heterocycles. The van der Waals surface area contributed by atoms with Gasteiger partial charge in [0.05, 0.1) is 43.4 Å². The first-order chi connectivity index (χ1) is 13.9. The van der Waals surface area contributed by atoms with Crippen molar-refractivity contribution in [1.29, 1.82) is 0 Å². The zero-order valence-corrected chi connectivity index (χ0v) is 16.8. The highest BCUT2D eigenvalue weighted by Crippen LogP contribution is 2.74. The molecule has 2 bridgehead atoms. The van der Waals surface area contributed by atoms with E-state index in [4.69, 9.17) is 23.4 Å². The minimum absolute atomic E-state index is 0.0785. The van der Waals surface area contributed by atoms with Gasteiger partial charge in [-0.15, -0.1) is 0 Å². The first-order valence-corrected chi connectivity index (χ1v) is 10.7. The highest BCUT2D eigenvalue weighted by molar-refractivity contribution is 5.66. The summed E-state index contributed by atoms with van der Waals surface area (Å²) in [6.45, 7) is 4.56. The SMILES string of the molecule is CC(=O)O[C@@H]1C[C@@H](C)[C@@]23C[C@@H](c4ccoc4)O[C@@H]2OC[C@]12[C@@H]3CC[C@H](O)[C@]21CO1. The van der Waals surface area contributed by atoms with E-state index in [9.17, 15) is 9.90 Å². The van der Waals surface area contributed by atoms with Gasteiger partial charge in [-0.2, -0.15) is 0 Å². The number of hydrogen-bond donors (Lipinski definition) is 1. The van der Waals surface area contributed by atoms with Crippen LogP contribution in [0.5, 0.6) is 0 Å². The highest BCUT2D eigenvalue weighted by Gasteiger charge is 2.82. The van der Waals surface area contributed by atoms with E-state index in [1.807, 2.05) is 6.07 Å². The second-order valence-corrected chi connectivity index (χ2v) is 9.74. The number of esters is 1. The fourth-order valence-electron chi connectivity index (χ4n) is 7.51. The zero-order valence-electron chi connectivity index (χ0n) is 16.8. The fourth-order valence-corrected chi connectivity index (χ4v) is 7.51. The van der Waals surface area contributed by atoms with Crippen molar-refractivity contribution in [3.63, 3.8) is 0 Å². The van der Waals surface area contributed by atoms with Crippen LogP contribution in [0.15, 0.2) is 23.0 Å². The maximum atomic E-state index is 12.0. The Morgan fingerprint density at radius 2 is 2.14 bits per heavy atom. The minimum Gasteiger partial charge on any atom is -0.472 e. The Balaban J connectivity index is 1.47. The summed E-state index contributed by atoms with van der Waals surface area (Å²) in [5.74, 6) is 0.158. The predicted octanol–water partition coefficient (Wildman–Crippen LogP) is 2.58. The third kappa shape index (κ3) is 2.10. The minimum atomic E-state index is -0.679. The van der Waals surface area contributed by atoms with Gasteiger partial charge < -0.3 is 28.5 Å². The molecule has 158 valence electrons. The lowest BCUT2D eigenvalue weighted by Crippen LogP contribution is -2.74. The number of ether oxygens (including phenoxy) is 4. The molecule has 6 rings (SSSR count). The van der Waals surface area contributed by atoms with E-state index in [0.717, 1.165) is 24.8 Å². The summed E-state index contributed by atoms with van der Waals surface area (Å²) >= 11 is 0. The topological polar surface area (TPSA) is 90.7 Å². The van der Waals surface area contributed by atoms with E-state index in [2.05, 4.69) is 6.92 Å². The summed E-state index contributed by atoms with van der Waals surface area (Å²) in [5, 5.41) is 10.9. The summed E-state index contributed by atoms with van der Waals surface area (Å²) < 4.78 is 30.1. The third-order valence-electron chi connectivity index (χ3n) is 8.80. The highest BCUT2D eigenvalue weighted by atomic mass is 16.7. The number of carbonyl (C=O) groups is 1. The number of hydrogen-bond acceptors (Lipinski definition) is 7. The molecule has 2 spiro atoms. The van der Waals surface area contributed by atoms with Crippen molar-refractivity contribution < 1.29 is 33.3 Å². The van der Waals surface area contributed by atoms with E-state index in [0.29, 0.717) is 19.6 Å². The summed E-state index contributed by atoms with van der Waals surface area (Å²) in [5.41, 5.74) is -0.378. The molecule has 5 fully saturated rings. The molecule has 7 heteroatoms. The van der Waals surface area contributed by atoms with Gasteiger partial charge >= 0.3 is 5.97 Å². The molecule has 0 unspecified atom stereocenters. The standard InChI is InChI=1S/C22H28O7/c1-12-7-18(28-13(2)23)21-10-26-19-20(12,8-15(29-19)14-5-6-25-9-14)16(21)3-4-17(24)22(21)11-27-22/h5-6,9,12,15-19,24H,3-4,7-8,10-11H2,1-2H3/t12-,15+,16-,17+,18-,19+,20-,21+,22-/m1/s1. The summed E-state index contributed by atoms with van der Waals surface area (Å²) in [7, 11) is 0. The lowest BCUT2D eigenvalue weighted by molar-refractivity contribution is -0.340. The molecule has 0 amide bonds. The Hall–Kier alpha value is -1.41. The van der Waals surface area contributed by atoms with Crippen molar-refractivity contribution in [2.45, 2.75) is 69.7 Å². The molecule has 0 aromatic carbocycles. The van der Waals surface area contributed by atoms with Gasteiger partial charge in [-0.3, -0.25) is 4.79 Å². The first kappa shape index (κ1) is 18.4. The molecule has 9 atom stereocenters. The predicted molar refractivity (Wildman–Crippen MR) is 98.5 cm³/mol. The molecule has 3 saturated heterocycles. The smallest absolute Gasteiger partial charge is 0.302 e. The van der Waals surface area contributed by atoms with E-state index in [1.165, 1.54) is 6.92 Å². The van der Waals surface area contributed by atoms with Crippen LogP contribution in [0.4, 0.5) is 0 Å². The molecular formula is C22H28O7. The van der Waals surface area contributed by atoms with Gasteiger partial charge in [0, 0.05) is 17.9 Å². The van der Waals surface area contributed by atoms with Crippen LogP contribution in [0.3, 0.4) is 0 Å². The second-order valence-electron chi connectivity index (χ2n) is 9.74. The van der Waals surface area contributed by atoms with E-state index in [1.54, 1.807) is 12.5 Å². The Morgan fingerprint density at radius 3 is 2.83 bits per heavy atom. The number of epoxide rings is 1. The van der Waals surface area contributed by atoms with Crippen LogP contribution in [0, 0.1) is 22.7 Å². The van der Waals surface area contributed by atoms with Crippen LogP contribution in [-0.4, -0.2) is 48.4 Å². The van der Waals surface area contributed by atoms with Crippen LogP contribution in [-0.2, 0) is 23.7 Å². The van der Waals surface area contributed by atoms with Crippen molar-refractivity contribution in [3.05, 3.63) is 24.2 Å². The molecule has 29 heavy (non-hydrogen) atoms. The normalized spacial score (nSPS) is 52.7. The molecule has 1 N–H and O–H groups in total. The van der Waals surface area contributed by atoms with Crippen LogP contribution in [0.2, 0.25) is 0 Å². The van der Waals surface area contributed by atoms with Gasteiger partial charge in [0.15, 0.2) is 6.29 Å². The Kier molecular flexibility index (Phi) is 3.70. The van der Waals surface area contributed by atoms with Crippen molar-refractivity contribution in [1.82, 2.24) is 0 Å². The quantitative estimate of drug-likeness (QED) is 0.598. The summed E-state index contributed by atoms with van der Waals surface area (Å²) in [6, 6.07) is 1.96. The monoisotopic (exact) mass is 404 g/mol. The molecule has 0 radical (unpaired) electrons. The van der Waals surface area contributed by atoms with Crippen molar-refractivity contribution in [2.24, 2.45) is 22.7 Å². The molecule has 2 aliphatic carbocycles. The van der Waals surface area contributed by atoms with Crippen molar-refractivity contribution >= 4 is 5.97 Å². The molecule has 1 aromatic rings. The molecule has 1 aromatic heterocycles. The maximum Gasteiger partial charge on any atom is 0.302 e. The van der Waals surface area contributed by atoms with Crippen LogP contribution < -0.4 is 0 Å². The van der Waals surface area contributed by atoms with Crippen molar-refractivity contribution in [3.8, 4) is 0 Å². The average Bonchev–Trinajstić information content (AvgIpc) is 3.13. The molecule has 2 saturated carbocycles. The molecular weight excluding hydrogens is 376 g/mol. The van der Waals surface area contributed by atoms with Crippen LogP contribution >= 0.6 is 0 Å². The second kappa shape index (κ2) is 5.84. The molecule has 5 aliphatic rings. The van der Waals surface area contributed by atoms with Gasteiger partial charge in [0.1, 0.15) is 11.7 Å². The number of furan rings is 1. The Bertz CT molecular complexity index is 817. The maximum absolute atomic E-state index is 12.0. The third-order valence-corrected chi connectivity index (χ3v) is 8.80. The largest absolute Gasteiger partial charge is 0.472 e. The zero-order chi connectivity index (χ0) is 20.0. The van der Waals surface area contributed by atoms with Gasteiger partial charge in [0.2, 0.25) is 0 Å². The van der Waals surface area contributed by atoms with E-state index >= 15 is 0 Å². The average molecular weight is 404 g/mol. The number of carbonyl (C=O) groups excluding carboxylic acids is 1. The fraction of sp³-hybridized carbons (Fsp3) is 0.773. The van der Waals surface area contributed by atoms with Gasteiger partial charge in [-0.1, -0.05) is 6.92 Å².